The van der Waals surface area contributed by atoms with Crippen LogP contribution in [0.1, 0.15) is 17.5 Å². The third-order valence-electron chi connectivity index (χ3n) is 2.00. The average molecular weight is 293 g/mol. The minimum absolute atomic E-state index is 0. The maximum Gasteiger partial charge on any atom is 1.00 e. The quantitative estimate of drug-likeness (QED) is 0.406. The maximum atomic E-state index is 13.0. The molecule has 2 radical (unpaired) electrons. The van der Waals surface area contributed by atoms with Crippen LogP contribution in [0, 0.1) is 19.7 Å². The Balaban J connectivity index is 0.000000720. The van der Waals surface area contributed by atoms with E-state index in [2.05, 4.69) is 0 Å². The molecule has 1 aliphatic carbocycles. The Morgan fingerprint density at radius 1 is 1.38 bits per heavy atom. The molecular formula is C10H10BCsF-. The normalized spacial score (nSPS) is 12.1. The van der Waals surface area contributed by atoms with Gasteiger partial charge >= 0.3 is 68.9 Å². The van der Waals surface area contributed by atoms with E-state index in [1.54, 1.807) is 0 Å². The molecule has 0 atom stereocenters. The van der Waals surface area contributed by atoms with E-state index < -0.39 is 0 Å². The first-order valence-corrected chi connectivity index (χ1v) is 3.68. The van der Waals surface area contributed by atoms with Gasteiger partial charge in [0.1, 0.15) is 7.85 Å². The van der Waals surface area contributed by atoms with Crippen molar-refractivity contribution in [2.24, 2.45) is 0 Å². The summed E-state index contributed by atoms with van der Waals surface area (Å²) in [6.07, 6.45) is 3.79. The standard InChI is InChI=1S/C9H7BF.CH3.Cs/c10-7-4-6-2-1-3-8(6)9(11)5-7;;/h3-5H,1-2H2;1H3;/q2*-1;+1. The van der Waals surface area contributed by atoms with Crippen LogP contribution in [0.4, 0.5) is 4.39 Å². The van der Waals surface area contributed by atoms with Gasteiger partial charge in [0, 0.05) is 5.82 Å². The molecule has 0 nitrogen and oxygen atoms in total. The zero-order valence-electron chi connectivity index (χ0n) is 8.10. The Hall–Kier alpha value is 1.14. The fourth-order valence-corrected chi connectivity index (χ4v) is 1.51. The first-order chi connectivity index (χ1) is 5.27. The van der Waals surface area contributed by atoms with Crippen molar-refractivity contribution in [2.45, 2.75) is 12.8 Å². The number of rotatable bonds is 0. The molecule has 0 aliphatic heterocycles. The molecule has 0 saturated heterocycles. The fraction of sp³-hybridized carbons (Fsp3) is 0.200. The van der Waals surface area contributed by atoms with Gasteiger partial charge in [0.25, 0.3) is 0 Å². The molecular weight excluding hydrogens is 283 g/mol. The monoisotopic (exact) mass is 293 g/mol. The predicted molar refractivity (Wildman–Crippen MR) is 49.9 cm³/mol. The average Bonchev–Trinajstić information content (AvgIpc) is 2.34. The Morgan fingerprint density at radius 3 is 2.77 bits per heavy atom. The molecule has 0 amide bonds. The molecule has 0 heterocycles. The molecule has 2 rings (SSSR count). The molecule has 3 heteroatoms. The van der Waals surface area contributed by atoms with Crippen LogP contribution in [0.25, 0.3) is 0 Å². The Labute approximate surface area is 140 Å². The van der Waals surface area contributed by atoms with Crippen LogP contribution in [-0.2, 0) is 6.42 Å². The van der Waals surface area contributed by atoms with Gasteiger partial charge in [-0.15, -0.1) is 17.1 Å². The van der Waals surface area contributed by atoms with Gasteiger partial charge in [-0.1, -0.05) is 18.9 Å². The fourth-order valence-electron chi connectivity index (χ4n) is 1.51. The van der Waals surface area contributed by atoms with E-state index >= 15 is 0 Å². The number of hydrogen-bond acceptors (Lipinski definition) is 0. The van der Waals surface area contributed by atoms with Crippen LogP contribution in [0.15, 0.2) is 12.1 Å². The van der Waals surface area contributed by atoms with Crippen molar-refractivity contribution in [3.63, 3.8) is 0 Å². The molecule has 1 aromatic carbocycles. The van der Waals surface area contributed by atoms with Crippen LogP contribution in [0.3, 0.4) is 0 Å². The summed E-state index contributed by atoms with van der Waals surface area (Å²) in [4.78, 5) is 0. The van der Waals surface area contributed by atoms with E-state index in [1.807, 2.05) is 12.5 Å². The molecule has 1 aromatic rings. The smallest absolute Gasteiger partial charge is 0.358 e. The molecule has 0 saturated carbocycles. The summed E-state index contributed by atoms with van der Waals surface area (Å²) >= 11 is 0. The second-order valence-corrected chi connectivity index (χ2v) is 2.82. The molecule has 0 spiro atoms. The number of benzene rings is 1. The minimum atomic E-state index is -0.183. The molecule has 1 aliphatic rings. The van der Waals surface area contributed by atoms with E-state index in [0.29, 0.717) is 5.46 Å². The van der Waals surface area contributed by atoms with Crippen molar-refractivity contribution in [3.8, 4) is 0 Å². The largest absolute Gasteiger partial charge is 1.00 e. The Kier molecular flexibility index (Phi) is 6.40. The number of hydrogen-bond donors (Lipinski definition) is 0. The summed E-state index contributed by atoms with van der Waals surface area (Å²) in [5.41, 5.74) is 2.32. The molecule has 0 unspecified atom stereocenters. The molecule has 13 heavy (non-hydrogen) atoms. The first kappa shape index (κ1) is 14.1. The van der Waals surface area contributed by atoms with Gasteiger partial charge in [0.05, 0.1) is 0 Å². The van der Waals surface area contributed by atoms with Crippen LogP contribution < -0.4 is 74.4 Å². The van der Waals surface area contributed by atoms with Crippen molar-refractivity contribution >= 4 is 13.3 Å². The van der Waals surface area contributed by atoms with Crippen LogP contribution in [0.5, 0.6) is 0 Å². The summed E-state index contributed by atoms with van der Waals surface area (Å²) in [6.45, 7) is 0. The third kappa shape index (κ3) is 3.04. The van der Waals surface area contributed by atoms with E-state index in [9.17, 15) is 4.39 Å². The topological polar surface area (TPSA) is 0 Å². The van der Waals surface area contributed by atoms with E-state index in [-0.39, 0.29) is 82.1 Å². The number of fused-ring (bicyclic) bond motifs is 1. The molecule has 0 fully saturated rings. The number of halogens is 1. The van der Waals surface area contributed by atoms with E-state index in [1.165, 1.54) is 6.07 Å². The second-order valence-electron chi connectivity index (χ2n) is 2.82. The summed E-state index contributed by atoms with van der Waals surface area (Å²) < 4.78 is 13.0. The zero-order chi connectivity index (χ0) is 7.84. The van der Waals surface area contributed by atoms with E-state index in [4.69, 9.17) is 7.85 Å². The molecule has 0 aromatic heterocycles. The summed E-state index contributed by atoms with van der Waals surface area (Å²) in [7, 11) is 5.48. The first-order valence-electron chi connectivity index (χ1n) is 3.68. The van der Waals surface area contributed by atoms with Gasteiger partial charge in [0.2, 0.25) is 0 Å². The van der Waals surface area contributed by atoms with Gasteiger partial charge in [-0.05, 0) is 0 Å². The van der Waals surface area contributed by atoms with Crippen molar-refractivity contribution in [2.75, 3.05) is 0 Å². The number of aryl methyl sites for hydroxylation is 1. The van der Waals surface area contributed by atoms with Gasteiger partial charge < -0.3 is 7.43 Å². The summed E-state index contributed by atoms with van der Waals surface area (Å²) in [5.74, 6) is -0.183. The van der Waals surface area contributed by atoms with Gasteiger partial charge in [-0.3, -0.25) is 4.39 Å². The Bertz CT molecular complexity index is 299. The van der Waals surface area contributed by atoms with Crippen LogP contribution in [-0.4, -0.2) is 7.85 Å². The molecule has 62 valence electrons. The van der Waals surface area contributed by atoms with Gasteiger partial charge in [-0.25, -0.2) is 0 Å². The Morgan fingerprint density at radius 2 is 2.08 bits per heavy atom. The van der Waals surface area contributed by atoms with Crippen molar-refractivity contribution in [1.82, 2.24) is 0 Å². The van der Waals surface area contributed by atoms with Crippen molar-refractivity contribution < 1.29 is 73.3 Å². The zero-order valence-corrected chi connectivity index (χ0v) is 14.4. The SMILES string of the molecule is [B]c1cc(F)c2c(c1)CC[CH-]2.[CH3-].[Cs+]. The van der Waals surface area contributed by atoms with Crippen LogP contribution in [0.2, 0.25) is 0 Å². The summed E-state index contributed by atoms with van der Waals surface area (Å²) in [5, 5.41) is 0. The van der Waals surface area contributed by atoms with E-state index in [0.717, 1.165) is 24.0 Å². The van der Waals surface area contributed by atoms with Crippen molar-refractivity contribution in [3.05, 3.63) is 42.9 Å². The second kappa shape index (κ2) is 5.88. The van der Waals surface area contributed by atoms with Crippen LogP contribution >= 0.6 is 0 Å². The predicted octanol–water partition coefficient (Wildman–Crippen LogP) is -1.43. The van der Waals surface area contributed by atoms with Gasteiger partial charge in [-0.2, -0.15) is 12.0 Å². The third-order valence-corrected chi connectivity index (χ3v) is 2.00. The van der Waals surface area contributed by atoms with Crippen molar-refractivity contribution in [1.29, 1.82) is 0 Å². The summed E-state index contributed by atoms with van der Waals surface area (Å²) in [6, 6.07) is 3.22. The minimum Gasteiger partial charge on any atom is -0.358 e. The molecule has 0 N–H and O–H groups in total. The molecule has 0 bridgehead atoms. The maximum absolute atomic E-state index is 13.0. The van der Waals surface area contributed by atoms with Gasteiger partial charge in [0.15, 0.2) is 0 Å².